The Bertz CT molecular complexity index is 1020. The molecule has 0 aromatic heterocycles. The minimum atomic E-state index is -4.01. The second kappa shape index (κ2) is 7.46. The number of sulfone groups is 1. The van der Waals surface area contributed by atoms with E-state index in [1.807, 2.05) is 24.3 Å². The molecule has 2 atom stereocenters. The maximum absolute atomic E-state index is 13.2. The molecule has 1 saturated heterocycles. The summed E-state index contributed by atoms with van der Waals surface area (Å²) in [6, 6.07) is 14.3. The molecule has 1 fully saturated rings. The van der Waals surface area contributed by atoms with Crippen LogP contribution in [0.3, 0.4) is 0 Å². The summed E-state index contributed by atoms with van der Waals surface area (Å²) in [4.78, 5) is 24.9. The van der Waals surface area contributed by atoms with Crippen LogP contribution in [0.2, 0.25) is 0 Å². The molecule has 2 aromatic rings. The number of carbonyl (C=O) groups is 2. The quantitative estimate of drug-likeness (QED) is 0.584. The molecule has 0 aliphatic carbocycles. The van der Waals surface area contributed by atoms with Crippen molar-refractivity contribution in [2.24, 2.45) is 5.73 Å². The number of benzene rings is 2. The first-order valence-electron chi connectivity index (χ1n) is 9.05. The zero-order chi connectivity index (χ0) is 20.5. The third-order valence-electron chi connectivity index (χ3n) is 5.00. The number of quaternary nitrogens is 1. The molecule has 0 radical (unpaired) electrons. The van der Waals surface area contributed by atoms with Gasteiger partial charge < -0.3 is 5.73 Å². The Hall–Kier alpha value is -2.55. The Morgan fingerprint density at radius 2 is 1.79 bits per heavy atom. The molecule has 2 amide bonds. The van der Waals surface area contributed by atoms with Gasteiger partial charge in [0.05, 0.1) is 5.56 Å². The highest BCUT2D eigenvalue weighted by atomic mass is 32.2. The van der Waals surface area contributed by atoms with E-state index in [0.29, 0.717) is 5.56 Å². The summed E-state index contributed by atoms with van der Waals surface area (Å²) in [6.45, 7) is 1.67. The van der Waals surface area contributed by atoms with E-state index in [1.165, 1.54) is 11.6 Å². The van der Waals surface area contributed by atoms with Crippen molar-refractivity contribution in [2.75, 3.05) is 12.3 Å². The Morgan fingerprint density at radius 1 is 1.14 bits per heavy atom. The van der Waals surface area contributed by atoms with E-state index in [9.17, 15) is 23.2 Å². The van der Waals surface area contributed by atoms with Crippen LogP contribution in [-0.2, 0) is 21.1 Å². The molecule has 8 heteroatoms. The molecule has 28 heavy (non-hydrogen) atoms. The van der Waals surface area contributed by atoms with Crippen LogP contribution in [0.5, 0.6) is 0 Å². The molecule has 3 N–H and O–H groups in total. The molecule has 0 saturated carbocycles. The number of primary amides is 1. The van der Waals surface area contributed by atoms with Crippen molar-refractivity contribution in [3.8, 4) is 11.1 Å². The van der Waals surface area contributed by atoms with Gasteiger partial charge in [-0.25, -0.2) is 18.4 Å². The van der Waals surface area contributed by atoms with Gasteiger partial charge in [-0.05, 0) is 29.2 Å². The van der Waals surface area contributed by atoms with E-state index >= 15 is 0 Å². The van der Waals surface area contributed by atoms with Gasteiger partial charge in [-0.1, -0.05) is 60.5 Å². The van der Waals surface area contributed by atoms with Crippen molar-refractivity contribution in [3.05, 3.63) is 59.7 Å². The second-order valence-corrected chi connectivity index (χ2v) is 9.15. The molecule has 2 aromatic carbocycles. The van der Waals surface area contributed by atoms with Crippen molar-refractivity contribution in [3.63, 3.8) is 0 Å². The van der Waals surface area contributed by atoms with Crippen LogP contribution in [-0.4, -0.2) is 47.8 Å². The minimum Gasteiger partial charge on any atom is -0.363 e. The van der Waals surface area contributed by atoms with Gasteiger partial charge in [0, 0.05) is 0 Å². The third kappa shape index (κ3) is 3.46. The standard InChI is InChI=1S/C20H22N2O5S/c1-2-5-14-8-10-15(11-9-14)16-6-3-4-7-17(16)19(24)22(25)12-13-28(26,27)20(22)18(21)23/h3-4,6-11,20,25H,2,5,12-13H2,1H3,(H-,21,23)/p+1/t20?,22-/m0/s1. The molecular formula is C20H23N2O5S+. The number of hydrogen-bond acceptors (Lipinski definition) is 5. The predicted molar refractivity (Wildman–Crippen MR) is 104 cm³/mol. The number of nitrogens with zero attached hydrogens (tertiary/aromatic N) is 1. The largest absolute Gasteiger partial charge is 0.380 e. The fourth-order valence-corrected chi connectivity index (χ4v) is 5.47. The minimum absolute atomic E-state index is 0.136. The Morgan fingerprint density at radius 3 is 2.39 bits per heavy atom. The lowest BCUT2D eigenvalue weighted by Gasteiger charge is -2.26. The van der Waals surface area contributed by atoms with Gasteiger partial charge >= 0.3 is 11.3 Å². The van der Waals surface area contributed by atoms with E-state index in [1.54, 1.807) is 18.2 Å². The maximum atomic E-state index is 13.2. The lowest BCUT2D eigenvalue weighted by Crippen LogP contribution is -2.59. The molecule has 7 nitrogen and oxygen atoms in total. The van der Waals surface area contributed by atoms with Gasteiger partial charge in [-0.2, -0.15) is 0 Å². The molecule has 1 aliphatic rings. The van der Waals surface area contributed by atoms with Crippen LogP contribution < -0.4 is 5.73 Å². The van der Waals surface area contributed by atoms with Gasteiger partial charge in [0.2, 0.25) is 9.84 Å². The number of hydroxylamine groups is 3. The zero-order valence-corrected chi connectivity index (χ0v) is 16.4. The topological polar surface area (TPSA) is 115 Å². The molecule has 148 valence electrons. The van der Waals surface area contributed by atoms with Crippen molar-refractivity contribution in [1.82, 2.24) is 0 Å². The maximum Gasteiger partial charge on any atom is 0.380 e. The monoisotopic (exact) mass is 403 g/mol. The number of aryl methyl sites for hydroxylation is 1. The second-order valence-electron chi connectivity index (χ2n) is 6.97. The number of rotatable bonds is 5. The number of hydrogen-bond donors (Lipinski definition) is 2. The summed E-state index contributed by atoms with van der Waals surface area (Å²) in [7, 11) is -4.01. The fourth-order valence-electron chi connectivity index (χ4n) is 3.63. The smallest absolute Gasteiger partial charge is 0.363 e. The number of amides is 2. The van der Waals surface area contributed by atoms with Gasteiger partial charge in [0.25, 0.3) is 5.91 Å². The molecule has 3 rings (SSSR count). The average Bonchev–Trinajstić information content (AvgIpc) is 2.92. The van der Waals surface area contributed by atoms with Gasteiger partial charge in [0.1, 0.15) is 12.3 Å². The Labute approximate surface area is 163 Å². The van der Waals surface area contributed by atoms with E-state index in [-0.39, 0.29) is 5.56 Å². The first-order valence-corrected chi connectivity index (χ1v) is 10.8. The van der Waals surface area contributed by atoms with E-state index in [4.69, 9.17) is 5.73 Å². The number of carbonyl (C=O) groups excluding carboxylic acids is 2. The van der Waals surface area contributed by atoms with Crippen LogP contribution in [0.15, 0.2) is 48.5 Å². The zero-order valence-electron chi connectivity index (χ0n) is 15.5. The molecule has 0 spiro atoms. The van der Waals surface area contributed by atoms with Crippen LogP contribution in [0.1, 0.15) is 29.3 Å². The highest BCUT2D eigenvalue weighted by molar-refractivity contribution is 7.92. The highest BCUT2D eigenvalue weighted by Gasteiger charge is 2.61. The molecule has 1 heterocycles. The van der Waals surface area contributed by atoms with E-state index in [0.717, 1.165) is 18.4 Å². The summed E-state index contributed by atoms with van der Waals surface area (Å²) in [6.07, 6.45) is 1.96. The molecule has 1 unspecified atom stereocenters. The summed E-state index contributed by atoms with van der Waals surface area (Å²) < 4.78 is 22.8. The summed E-state index contributed by atoms with van der Waals surface area (Å²) in [5, 5.41) is 8.87. The van der Waals surface area contributed by atoms with Crippen molar-refractivity contribution >= 4 is 21.7 Å². The average molecular weight is 403 g/mol. The van der Waals surface area contributed by atoms with E-state index < -0.39 is 44.0 Å². The first-order chi connectivity index (χ1) is 13.2. The van der Waals surface area contributed by atoms with Crippen molar-refractivity contribution in [1.29, 1.82) is 0 Å². The first kappa shape index (κ1) is 20.2. The fraction of sp³-hybridized carbons (Fsp3) is 0.300. The van der Waals surface area contributed by atoms with Crippen LogP contribution in [0, 0.1) is 0 Å². The van der Waals surface area contributed by atoms with Crippen LogP contribution >= 0.6 is 0 Å². The van der Waals surface area contributed by atoms with Crippen LogP contribution in [0.4, 0.5) is 0 Å². The normalized spacial score (nSPS) is 23.4. The third-order valence-corrected chi connectivity index (χ3v) is 7.01. The van der Waals surface area contributed by atoms with Gasteiger partial charge in [-0.3, -0.25) is 4.79 Å². The lowest BCUT2D eigenvalue weighted by molar-refractivity contribution is -1.03. The Kier molecular flexibility index (Phi) is 5.38. The molecular weight excluding hydrogens is 380 g/mol. The predicted octanol–water partition coefficient (Wildman–Crippen LogP) is 1.89. The SMILES string of the molecule is CCCc1ccc(-c2ccccc2C(=O)[N@@+]2(O)CCS(=O)(=O)C2C(N)=O)cc1. The molecule has 1 aliphatic heterocycles. The van der Waals surface area contributed by atoms with Gasteiger partial charge in [-0.15, -0.1) is 0 Å². The summed E-state index contributed by atoms with van der Waals surface area (Å²) >= 11 is 0. The molecule has 0 bridgehead atoms. The Balaban J connectivity index is 2.05. The highest BCUT2D eigenvalue weighted by Crippen LogP contribution is 2.32. The summed E-state index contributed by atoms with van der Waals surface area (Å²) in [5.74, 6) is -2.59. The van der Waals surface area contributed by atoms with Crippen molar-refractivity contribution in [2.45, 2.75) is 25.1 Å². The summed E-state index contributed by atoms with van der Waals surface area (Å²) in [5.41, 5.74) is 7.82. The van der Waals surface area contributed by atoms with Crippen molar-refractivity contribution < 1.29 is 27.9 Å². The number of nitrogens with two attached hydrogens (primary N) is 1. The van der Waals surface area contributed by atoms with E-state index in [2.05, 4.69) is 6.92 Å². The lowest BCUT2D eigenvalue weighted by atomic mass is 9.97. The van der Waals surface area contributed by atoms with Crippen LogP contribution in [0.25, 0.3) is 11.1 Å². The van der Waals surface area contributed by atoms with Gasteiger partial charge in [0.15, 0.2) is 0 Å².